The normalized spacial score (nSPS) is 19.3. The van der Waals surface area contributed by atoms with Gasteiger partial charge in [0.05, 0.1) is 11.5 Å². The highest BCUT2D eigenvalue weighted by molar-refractivity contribution is 5.96. The van der Waals surface area contributed by atoms with Crippen LogP contribution in [0.3, 0.4) is 0 Å². The van der Waals surface area contributed by atoms with Gasteiger partial charge in [0, 0.05) is 31.3 Å². The molecule has 0 bridgehead atoms. The molecule has 0 saturated heterocycles. The Morgan fingerprint density at radius 3 is 2.88 bits per heavy atom. The van der Waals surface area contributed by atoms with Gasteiger partial charge in [-0.25, -0.2) is 0 Å². The number of nitrogens with zero attached hydrogens (tertiary/aromatic N) is 1. The first-order valence-corrected chi connectivity index (χ1v) is 9.39. The molecule has 0 aromatic heterocycles. The molecule has 0 heterocycles. The van der Waals surface area contributed by atoms with Crippen LogP contribution in [0.1, 0.15) is 55.8 Å². The fraction of sp³-hybridized carbons (Fsp3) is 0.632. The minimum atomic E-state index is -0.467. The summed E-state index contributed by atoms with van der Waals surface area (Å²) in [4.78, 5) is 23.5. The van der Waals surface area contributed by atoms with E-state index >= 15 is 0 Å². The maximum atomic E-state index is 12.6. The third-order valence-electron chi connectivity index (χ3n) is 4.98. The summed E-state index contributed by atoms with van der Waals surface area (Å²) in [6, 6.07) is 4.74. The molecule has 1 aromatic rings. The number of nitro groups is 1. The number of nitrogens with one attached hydrogen (secondary N) is 2. The van der Waals surface area contributed by atoms with Crippen LogP contribution in [0.4, 0.5) is 11.4 Å². The zero-order chi connectivity index (χ0) is 18.9. The zero-order valence-corrected chi connectivity index (χ0v) is 15.6. The molecule has 2 rings (SSSR count). The Morgan fingerprint density at radius 1 is 1.38 bits per heavy atom. The van der Waals surface area contributed by atoms with Gasteiger partial charge in [-0.3, -0.25) is 14.9 Å². The predicted molar refractivity (Wildman–Crippen MR) is 102 cm³/mol. The average Bonchev–Trinajstić information content (AvgIpc) is 3.07. The Hall–Kier alpha value is -2.15. The van der Waals surface area contributed by atoms with Gasteiger partial charge in [0.15, 0.2) is 0 Å². The number of unbranched alkanes of at least 4 members (excludes halogenated alkanes) is 1. The van der Waals surface area contributed by atoms with Crippen LogP contribution in [0, 0.1) is 16.0 Å². The molecule has 1 fully saturated rings. The second-order valence-corrected chi connectivity index (χ2v) is 6.82. The van der Waals surface area contributed by atoms with E-state index in [-0.39, 0.29) is 17.6 Å². The van der Waals surface area contributed by atoms with E-state index < -0.39 is 4.92 Å². The van der Waals surface area contributed by atoms with E-state index in [0.717, 1.165) is 32.1 Å². The van der Waals surface area contributed by atoms with Gasteiger partial charge < -0.3 is 15.4 Å². The molecule has 2 atom stereocenters. The molecule has 26 heavy (non-hydrogen) atoms. The summed E-state index contributed by atoms with van der Waals surface area (Å²) in [6.45, 7) is 3.08. The molecule has 0 spiro atoms. The summed E-state index contributed by atoms with van der Waals surface area (Å²) < 4.78 is 4.94. The Labute approximate surface area is 154 Å². The lowest BCUT2D eigenvalue weighted by atomic mass is 9.96. The third-order valence-corrected chi connectivity index (χ3v) is 4.98. The molecule has 1 aromatic carbocycles. The quantitative estimate of drug-likeness (QED) is 0.375. The van der Waals surface area contributed by atoms with Gasteiger partial charge >= 0.3 is 0 Å². The molecule has 2 N–H and O–H groups in total. The van der Waals surface area contributed by atoms with Gasteiger partial charge in [-0.15, -0.1) is 0 Å². The molecule has 0 aliphatic heterocycles. The molecular formula is C19H29N3O4. The number of hydrogen-bond acceptors (Lipinski definition) is 5. The van der Waals surface area contributed by atoms with Crippen LogP contribution in [0.15, 0.2) is 18.2 Å². The number of benzene rings is 1. The number of hydrogen-bond donors (Lipinski definition) is 2. The van der Waals surface area contributed by atoms with Crippen molar-refractivity contribution >= 4 is 17.3 Å². The van der Waals surface area contributed by atoms with Crippen molar-refractivity contribution in [3.63, 3.8) is 0 Å². The van der Waals surface area contributed by atoms with Crippen LogP contribution in [-0.2, 0) is 4.74 Å². The molecule has 1 aliphatic rings. The molecule has 1 aliphatic carbocycles. The van der Waals surface area contributed by atoms with Crippen LogP contribution < -0.4 is 10.6 Å². The monoisotopic (exact) mass is 363 g/mol. The summed E-state index contributed by atoms with van der Waals surface area (Å²) in [7, 11) is 1.57. The molecule has 1 saturated carbocycles. The summed E-state index contributed by atoms with van der Waals surface area (Å²) in [5.41, 5.74) is 0.628. The predicted octanol–water partition coefficient (Wildman–Crippen LogP) is 3.74. The smallest absolute Gasteiger partial charge is 0.293 e. The maximum absolute atomic E-state index is 12.6. The fourth-order valence-electron chi connectivity index (χ4n) is 3.55. The van der Waals surface area contributed by atoms with E-state index in [1.165, 1.54) is 12.5 Å². The van der Waals surface area contributed by atoms with Gasteiger partial charge in [-0.1, -0.05) is 26.2 Å². The van der Waals surface area contributed by atoms with E-state index in [1.54, 1.807) is 19.2 Å². The van der Waals surface area contributed by atoms with Crippen LogP contribution in [0.2, 0.25) is 0 Å². The van der Waals surface area contributed by atoms with Crippen molar-refractivity contribution in [2.45, 2.75) is 51.5 Å². The number of ether oxygens (including phenoxy) is 1. The number of carbonyl (C=O) groups excluding carboxylic acids is 1. The molecule has 7 nitrogen and oxygen atoms in total. The second kappa shape index (κ2) is 10.1. The number of rotatable bonds is 10. The minimum Gasteiger partial charge on any atom is -0.383 e. The number of methoxy groups -OCH3 is 1. The van der Waals surface area contributed by atoms with E-state index in [1.807, 2.05) is 0 Å². The number of amides is 1. The lowest BCUT2D eigenvalue weighted by Gasteiger charge is -2.21. The summed E-state index contributed by atoms with van der Waals surface area (Å²) in [6.07, 6.45) is 6.71. The summed E-state index contributed by atoms with van der Waals surface area (Å²) in [5.74, 6) is 0.286. The van der Waals surface area contributed by atoms with Gasteiger partial charge in [-0.05, 0) is 37.3 Å². The molecule has 2 unspecified atom stereocenters. The number of carbonyl (C=O) groups is 1. The SMILES string of the molecule is CCCCC1CCCC1NC(=O)c1ccc(NCCOC)c([N+](=O)[O-])c1. The lowest BCUT2D eigenvalue weighted by Crippen LogP contribution is -2.37. The molecule has 7 heteroatoms. The highest BCUT2D eigenvalue weighted by Crippen LogP contribution is 2.31. The van der Waals surface area contributed by atoms with Crippen LogP contribution in [-0.4, -0.2) is 37.1 Å². The van der Waals surface area contributed by atoms with E-state index in [2.05, 4.69) is 17.6 Å². The molecule has 1 amide bonds. The second-order valence-electron chi connectivity index (χ2n) is 6.82. The summed E-state index contributed by atoms with van der Waals surface area (Å²) in [5, 5.41) is 17.4. The van der Waals surface area contributed by atoms with E-state index in [0.29, 0.717) is 30.3 Å². The molecular weight excluding hydrogens is 334 g/mol. The highest BCUT2D eigenvalue weighted by atomic mass is 16.6. The fourth-order valence-corrected chi connectivity index (χ4v) is 3.55. The molecule has 0 radical (unpaired) electrons. The first kappa shape index (κ1) is 20.2. The van der Waals surface area contributed by atoms with Gasteiger partial charge in [0.1, 0.15) is 5.69 Å². The average molecular weight is 363 g/mol. The standard InChI is InChI=1S/C19H29N3O4/c1-3-4-6-14-7-5-8-16(14)21-19(23)15-9-10-17(20-11-12-26-2)18(13-15)22(24)25/h9-10,13-14,16,20H,3-8,11-12H2,1-2H3,(H,21,23). The van der Waals surface area contributed by atoms with E-state index in [9.17, 15) is 14.9 Å². The van der Waals surface area contributed by atoms with Gasteiger partial charge in [0.2, 0.25) is 0 Å². The minimum absolute atomic E-state index is 0.0947. The first-order valence-electron chi connectivity index (χ1n) is 9.39. The van der Waals surface area contributed by atoms with Crippen molar-refractivity contribution in [3.8, 4) is 0 Å². The summed E-state index contributed by atoms with van der Waals surface area (Å²) >= 11 is 0. The van der Waals surface area contributed by atoms with Crippen molar-refractivity contribution in [2.24, 2.45) is 5.92 Å². The third kappa shape index (κ3) is 5.42. The van der Waals surface area contributed by atoms with Gasteiger partial charge in [0.25, 0.3) is 11.6 Å². The van der Waals surface area contributed by atoms with Gasteiger partial charge in [-0.2, -0.15) is 0 Å². The Morgan fingerprint density at radius 2 is 2.19 bits per heavy atom. The number of anilines is 1. The Bertz CT molecular complexity index is 621. The molecule has 144 valence electrons. The van der Waals surface area contributed by atoms with E-state index in [4.69, 9.17) is 4.74 Å². The Kier molecular flexibility index (Phi) is 7.84. The largest absolute Gasteiger partial charge is 0.383 e. The Balaban J connectivity index is 2.06. The maximum Gasteiger partial charge on any atom is 0.293 e. The van der Waals surface area contributed by atoms with Crippen LogP contribution >= 0.6 is 0 Å². The van der Waals surface area contributed by atoms with Crippen LogP contribution in [0.5, 0.6) is 0 Å². The van der Waals surface area contributed by atoms with Crippen molar-refractivity contribution in [3.05, 3.63) is 33.9 Å². The van der Waals surface area contributed by atoms with Crippen molar-refractivity contribution in [1.29, 1.82) is 0 Å². The van der Waals surface area contributed by atoms with Crippen molar-refractivity contribution in [2.75, 3.05) is 25.6 Å². The highest BCUT2D eigenvalue weighted by Gasteiger charge is 2.28. The number of nitro benzene ring substituents is 1. The topological polar surface area (TPSA) is 93.5 Å². The van der Waals surface area contributed by atoms with Crippen LogP contribution in [0.25, 0.3) is 0 Å². The van der Waals surface area contributed by atoms with Crippen molar-refractivity contribution < 1.29 is 14.5 Å². The van der Waals surface area contributed by atoms with Crippen molar-refractivity contribution in [1.82, 2.24) is 5.32 Å². The first-order chi connectivity index (χ1) is 12.6. The zero-order valence-electron chi connectivity index (χ0n) is 15.6. The lowest BCUT2D eigenvalue weighted by molar-refractivity contribution is -0.384.